The van der Waals surface area contributed by atoms with E-state index in [1.54, 1.807) is 33.2 Å². The van der Waals surface area contributed by atoms with Crippen molar-refractivity contribution in [2.24, 2.45) is 0 Å². The summed E-state index contributed by atoms with van der Waals surface area (Å²) in [4.78, 5) is 13.0. The van der Waals surface area contributed by atoms with Crippen LogP contribution in [0.3, 0.4) is 0 Å². The van der Waals surface area contributed by atoms with Gasteiger partial charge in [-0.25, -0.2) is 4.39 Å². The third-order valence-electron chi connectivity index (χ3n) is 2.43. The molecule has 1 unspecified atom stereocenters. The van der Waals surface area contributed by atoms with Crippen LogP contribution in [-0.4, -0.2) is 30.9 Å². The molecule has 0 spiro atoms. The summed E-state index contributed by atoms with van der Waals surface area (Å²) in [5, 5.41) is 3.33. The molecule has 1 rings (SSSR count). The molecule has 0 fully saturated rings. The topological polar surface area (TPSA) is 32.3 Å². The highest BCUT2D eigenvalue weighted by Gasteiger charge is 2.14. The van der Waals surface area contributed by atoms with Crippen molar-refractivity contribution in [1.29, 1.82) is 0 Å². The quantitative estimate of drug-likeness (QED) is 0.897. The first-order chi connectivity index (χ1) is 7.91. The van der Waals surface area contributed by atoms with Gasteiger partial charge in [0.2, 0.25) is 5.91 Å². The van der Waals surface area contributed by atoms with Crippen molar-refractivity contribution in [2.45, 2.75) is 19.5 Å². The van der Waals surface area contributed by atoms with Crippen molar-refractivity contribution in [3.8, 4) is 0 Å². The highest BCUT2D eigenvalue weighted by atomic mass is 35.5. The van der Waals surface area contributed by atoms with E-state index in [1.165, 1.54) is 11.0 Å². The standard InChI is InChI=1S/C12H16ClFN2O/c1-8(12(17)16(2)3)15-7-9-4-5-10(13)6-11(9)14/h4-6,8,15H,7H2,1-3H3. The van der Waals surface area contributed by atoms with E-state index in [1.807, 2.05) is 0 Å². The molecule has 0 aliphatic rings. The van der Waals surface area contributed by atoms with Crippen LogP contribution in [0.5, 0.6) is 0 Å². The number of nitrogens with zero attached hydrogens (tertiary/aromatic N) is 1. The van der Waals surface area contributed by atoms with E-state index < -0.39 is 0 Å². The Kier molecular flexibility index (Phi) is 4.90. The molecule has 17 heavy (non-hydrogen) atoms. The normalized spacial score (nSPS) is 12.3. The molecular formula is C12H16ClFN2O. The lowest BCUT2D eigenvalue weighted by molar-refractivity contribution is -0.130. The Labute approximate surface area is 106 Å². The summed E-state index contributed by atoms with van der Waals surface area (Å²) in [5.41, 5.74) is 0.493. The van der Waals surface area contributed by atoms with Gasteiger partial charge in [0.15, 0.2) is 0 Å². The number of rotatable bonds is 4. The first kappa shape index (κ1) is 13.9. The first-order valence-corrected chi connectivity index (χ1v) is 5.68. The average Bonchev–Trinajstić information content (AvgIpc) is 2.26. The number of hydrogen-bond donors (Lipinski definition) is 1. The fourth-order valence-electron chi connectivity index (χ4n) is 1.40. The van der Waals surface area contributed by atoms with Crippen molar-refractivity contribution in [3.63, 3.8) is 0 Å². The van der Waals surface area contributed by atoms with Crippen LogP contribution >= 0.6 is 11.6 Å². The third kappa shape index (κ3) is 3.98. The Balaban J connectivity index is 2.59. The van der Waals surface area contributed by atoms with Gasteiger partial charge >= 0.3 is 0 Å². The predicted octanol–water partition coefficient (Wildman–Crippen LogP) is 2.05. The second-order valence-electron chi connectivity index (χ2n) is 4.07. The molecular weight excluding hydrogens is 243 g/mol. The molecule has 1 atom stereocenters. The van der Waals surface area contributed by atoms with Crippen molar-refractivity contribution in [3.05, 3.63) is 34.6 Å². The minimum absolute atomic E-state index is 0.0422. The maximum absolute atomic E-state index is 13.4. The van der Waals surface area contributed by atoms with Crippen LogP contribution in [-0.2, 0) is 11.3 Å². The van der Waals surface area contributed by atoms with Crippen molar-refractivity contribution in [2.75, 3.05) is 14.1 Å². The molecule has 1 aromatic rings. The predicted molar refractivity (Wildman–Crippen MR) is 66.4 cm³/mol. The Morgan fingerprint density at radius 1 is 1.53 bits per heavy atom. The zero-order valence-corrected chi connectivity index (χ0v) is 10.9. The molecule has 0 aliphatic carbocycles. The van der Waals surface area contributed by atoms with E-state index in [0.29, 0.717) is 17.1 Å². The lowest BCUT2D eigenvalue weighted by Crippen LogP contribution is -2.41. The molecule has 0 bridgehead atoms. The minimum atomic E-state index is -0.366. The smallest absolute Gasteiger partial charge is 0.238 e. The van der Waals surface area contributed by atoms with Crippen LogP contribution in [0.1, 0.15) is 12.5 Å². The van der Waals surface area contributed by atoms with E-state index >= 15 is 0 Å². The van der Waals surface area contributed by atoms with E-state index in [4.69, 9.17) is 11.6 Å². The van der Waals surface area contributed by atoms with Crippen LogP contribution in [0, 0.1) is 5.82 Å². The van der Waals surface area contributed by atoms with Gasteiger partial charge in [-0.05, 0) is 19.1 Å². The summed E-state index contributed by atoms with van der Waals surface area (Å²) in [5.74, 6) is -0.408. The molecule has 0 aliphatic heterocycles. The van der Waals surface area contributed by atoms with Crippen LogP contribution in [0.2, 0.25) is 5.02 Å². The molecule has 5 heteroatoms. The molecule has 1 N–H and O–H groups in total. The van der Waals surface area contributed by atoms with Gasteiger partial charge in [0.25, 0.3) is 0 Å². The van der Waals surface area contributed by atoms with E-state index in [0.717, 1.165) is 0 Å². The fraction of sp³-hybridized carbons (Fsp3) is 0.417. The number of nitrogens with one attached hydrogen (secondary N) is 1. The Morgan fingerprint density at radius 3 is 2.71 bits per heavy atom. The number of hydrogen-bond acceptors (Lipinski definition) is 2. The summed E-state index contributed by atoms with van der Waals surface area (Å²) in [7, 11) is 3.37. The molecule has 0 heterocycles. The lowest BCUT2D eigenvalue weighted by Gasteiger charge is -2.18. The van der Waals surface area contributed by atoms with Gasteiger partial charge in [-0.15, -0.1) is 0 Å². The molecule has 0 saturated carbocycles. The first-order valence-electron chi connectivity index (χ1n) is 5.30. The Bertz CT molecular complexity index is 409. The van der Waals surface area contributed by atoms with Crippen LogP contribution in [0.4, 0.5) is 4.39 Å². The number of carbonyl (C=O) groups excluding carboxylic acids is 1. The minimum Gasteiger partial charge on any atom is -0.347 e. The zero-order valence-electron chi connectivity index (χ0n) is 10.1. The van der Waals surface area contributed by atoms with Gasteiger partial charge in [-0.2, -0.15) is 0 Å². The maximum Gasteiger partial charge on any atom is 0.238 e. The number of halogens is 2. The molecule has 94 valence electrons. The van der Waals surface area contributed by atoms with Gasteiger partial charge < -0.3 is 10.2 Å². The highest BCUT2D eigenvalue weighted by Crippen LogP contribution is 2.14. The SMILES string of the molecule is CC(NCc1ccc(Cl)cc1F)C(=O)N(C)C. The number of amides is 1. The summed E-state index contributed by atoms with van der Waals surface area (Å²) in [6.07, 6.45) is 0. The molecule has 1 amide bonds. The molecule has 0 aromatic heterocycles. The lowest BCUT2D eigenvalue weighted by atomic mass is 10.2. The van der Waals surface area contributed by atoms with Gasteiger partial charge in [-0.1, -0.05) is 17.7 Å². The monoisotopic (exact) mass is 258 g/mol. The van der Waals surface area contributed by atoms with Gasteiger partial charge in [-0.3, -0.25) is 4.79 Å². The van der Waals surface area contributed by atoms with E-state index in [9.17, 15) is 9.18 Å². The Morgan fingerprint density at radius 2 is 2.18 bits per heavy atom. The summed E-state index contributed by atoms with van der Waals surface area (Å²) < 4.78 is 13.4. The van der Waals surface area contributed by atoms with Crippen molar-refractivity contribution >= 4 is 17.5 Å². The molecule has 0 saturated heterocycles. The van der Waals surface area contributed by atoms with Crippen LogP contribution in [0.15, 0.2) is 18.2 Å². The molecule has 3 nitrogen and oxygen atoms in total. The largest absolute Gasteiger partial charge is 0.347 e. The molecule has 1 aromatic carbocycles. The number of likely N-dealkylation sites (N-methyl/N-ethyl adjacent to an activating group) is 1. The van der Waals surface area contributed by atoms with Gasteiger partial charge in [0.05, 0.1) is 6.04 Å². The second-order valence-corrected chi connectivity index (χ2v) is 4.51. The van der Waals surface area contributed by atoms with Crippen molar-refractivity contribution < 1.29 is 9.18 Å². The fourth-order valence-corrected chi connectivity index (χ4v) is 1.56. The van der Waals surface area contributed by atoms with E-state index in [-0.39, 0.29) is 17.8 Å². The second kappa shape index (κ2) is 5.98. The summed E-state index contributed by atoms with van der Waals surface area (Å²) in [6, 6.07) is 4.15. The highest BCUT2D eigenvalue weighted by molar-refractivity contribution is 6.30. The van der Waals surface area contributed by atoms with E-state index in [2.05, 4.69) is 5.32 Å². The summed E-state index contributed by atoms with van der Waals surface area (Å²) >= 11 is 5.65. The maximum atomic E-state index is 13.4. The van der Waals surface area contributed by atoms with Crippen molar-refractivity contribution in [1.82, 2.24) is 10.2 Å². The third-order valence-corrected chi connectivity index (χ3v) is 2.66. The van der Waals surface area contributed by atoms with Gasteiger partial charge in [0, 0.05) is 31.2 Å². The summed E-state index contributed by atoms with van der Waals surface area (Å²) in [6.45, 7) is 2.04. The number of carbonyl (C=O) groups is 1. The molecule has 0 radical (unpaired) electrons. The Hall–Kier alpha value is -1.13. The average molecular weight is 259 g/mol. The number of benzene rings is 1. The van der Waals surface area contributed by atoms with Crippen LogP contribution < -0.4 is 5.32 Å². The zero-order chi connectivity index (χ0) is 13.0. The van der Waals surface area contributed by atoms with Gasteiger partial charge in [0.1, 0.15) is 5.82 Å². The van der Waals surface area contributed by atoms with Crippen LogP contribution in [0.25, 0.3) is 0 Å².